The fourth-order valence-corrected chi connectivity index (χ4v) is 1.78. The lowest BCUT2D eigenvalue weighted by Gasteiger charge is -2.30. The molecule has 2 N–H and O–H groups in total. The quantitative estimate of drug-likeness (QED) is 0.712. The van der Waals surface area contributed by atoms with E-state index in [1.807, 2.05) is 13.0 Å². The van der Waals surface area contributed by atoms with Crippen molar-refractivity contribution in [3.8, 4) is 0 Å². The number of hydrogen-bond donors (Lipinski definition) is 1. The maximum absolute atomic E-state index is 5.90. The maximum atomic E-state index is 5.90. The number of piperidine rings is 1. The molecule has 0 saturated carbocycles. The van der Waals surface area contributed by atoms with Gasteiger partial charge < -0.3 is 10.6 Å². The van der Waals surface area contributed by atoms with E-state index in [0.717, 1.165) is 37.6 Å². The lowest BCUT2D eigenvalue weighted by atomic mass is 10.1. The molecule has 0 aliphatic carbocycles. The first-order valence-electron chi connectivity index (χ1n) is 5.06. The summed E-state index contributed by atoms with van der Waals surface area (Å²) in [6.07, 6.45) is 4.05. The second kappa shape index (κ2) is 3.92. The van der Waals surface area contributed by atoms with Gasteiger partial charge in [-0.2, -0.15) is 0 Å². The number of aromatic nitrogens is 2. The molecule has 2 rings (SSSR count). The minimum Gasteiger partial charge on any atom is -0.339 e. The Labute approximate surface area is 84.2 Å². The lowest BCUT2D eigenvalue weighted by Crippen LogP contribution is -2.43. The number of nitrogens with zero attached hydrogens (tertiary/aromatic N) is 3. The molecule has 0 radical (unpaired) electrons. The fourth-order valence-electron chi connectivity index (χ4n) is 1.78. The van der Waals surface area contributed by atoms with E-state index in [-0.39, 0.29) is 6.04 Å². The van der Waals surface area contributed by atoms with Crippen LogP contribution in [0.4, 0.5) is 5.95 Å². The molecule has 0 spiro atoms. The zero-order valence-electron chi connectivity index (χ0n) is 8.48. The smallest absolute Gasteiger partial charge is 0.225 e. The van der Waals surface area contributed by atoms with E-state index >= 15 is 0 Å². The van der Waals surface area contributed by atoms with Crippen LogP contribution in [-0.4, -0.2) is 29.1 Å². The standard InChI is InChI=1S/C10H16N4/c1-8-4-5-12-10(13-8)14-6-2-3-9(11)7-14/h4-5,9H,2-3,6-7,11H2,1H3. The summed E-state index contributed by atoms with van der Waals surface area (Å²) < 4.78 is 0. The molecule has 1 unspecified atom stereocenters. The minimum atomic E-state index is 0.271. The first-order valence-corrected chi connectivity index (χ1v) is 5.06. The molecule has 14 heavy (non-hydrogen) atoms. The van der Waals surface area contributed by atoms with E-state index in [2.05, 4.69) is 14.9 Å². The van der Waals surface area contributed by atoms with E-state index in [1.54, 1.807) is 6.20 Å². The molecular weight excluding hydrogens is 176 g/mol. The van der Waals surface area contributed by atoms with Crippen molar-refractivity contribution >= 4 is 5.95 Å². The Kier molecular flexibility index (Phi) is 2.63. The Morgan fingerprint density at radius 1 is 1.57 bits per heavy atom. The Morgan fingerprint density at radius 2 is 2.43 bits per heavy atom. The highest BCUT2D eigenvalue weighted by atomic mass is 15.3. The zero-order valence-corrected chi connectivity index (χ0v) is 8.48. The summed E-state index contributed by atoms with van der Waals surface area (Å²) in [4.78, 5) is 10.8. The van der Waals surface area contributed by atoms with E-state index < -0.39 is 0 Å². The predicted octanol–water partition coefficient (Wildman–Crippen LogP) is 0.713. The Bertz CT molecular complexity index is 313. The number of nitrogens with two attached hydrogens (primary N) is 1. The molecule has 4 nitrogen and oxygen atoms in total. The van der Waals surface area contributed by atoms with Crippen LogP contribution in [0.15, 0.2) is 12.3 Å². The van der Waals surface area contributed by atoms with Crippen LogP contribution in [0.25, 0.3) is 0 Å². The molecule has 1 aliphatic rings. The van der Waals surface area contributed by atoms with Gasteiger partial charge in [-0.15, -0.1) is 0 Å². The van der Waals surface area contributed by atoms with Crippen LogP contribution in [0.5, 0.6) is 0 Å². The zero-order chi connectivity index (χ0) is 9.97. The van der Waals surface area contributed by atoms with Crippen molar-refractivity contribution in [2.24, 2.45) is 5.73 Å². The largest absolute Gasteiger partial charge is 0.339 e. The first kappa shape index (κ1) is 9.40. The highest BCUT2D eigenvalue weighted by Crippen LogP contribution is 2.14. The molecular formula is C10H16N4. The fraction of sp³-hybridized carbons (Fsp3) is 0.600. The maximum Gasteiger partial charge on any atom is 0.225 e. The molecule has 0 bridgehead atoms. The van der Waals surface area contributed by atoms with E-state index in [1.165, 1.54) is 0 Å². The molecule has 1 fully saturated rings. The van der Waals surface area contributed by atoms with Gasteiger partial charge in [-0.1, -0.05) is 0 Å². The summed E-state index contributed by atoms with van der Waals surface area (Å²) in [7, 11) is 0. The number of rotatable bonds is 1. The second-order valence-electron chi connectivity index (χ2n) is 3.85. The van der Waals surface area contributed by atoms with Crippen molar-refractivity contribution in [2.75, 3.05) is 18.0 Å². The summed E-state index contributed by atoms with van der Waals surface area (Å²) in [5.74, 6) is 0.820. The van der Waals surface area contributed by atoms with Gasteiger partial charge >= 0.3 is 0 Å². The monoisotopic (exact) mass is 192 g/mol. The van der Waals surface area contributed by atoms with Gasteiger partial charge in [0, 0.05) is 31.0 Å². The van der Waals surface area contributed by atoms with Gasteiger partial charge in [0.15, 0.2) is 0 Å². The molecule has 1 atom stereocenters. The van der Waals surface area contributed by atoms with E-state index in [4.69, 9.17) is 5.73 Å². The van der Waals surface area contributed by atoms with Gasteiger partial charge in [0.2, 0.25) is 5.95 Å². The summed E-state index contributed by atoms with van der Waals surface area (Å²) in [6, 6.07) is 2.18. The summed E-state index contributed by atoms with van der Waals surface area (Å²) in [5.41, 5.74) is 6.91. The topological polar surface area (TPSA) is 55.0 Å². The van der Waals surface area contributed by atoms with Crippen molar-refractivity contribution in [3.05, 3.63) is 18.0 Å². The summed E-state index contributed by atoms with van der Waals surface area (Å²) in [5, 5.41) is 0. The van der Waals surface area contributed by atoms with E-state index in [9.17, 15) is 0 Å². The first-order chi connectivity index (χ1) is 6.75. The third-order valence-electron chi connectivity index (χ3n) is 2.52. The Hall–Kier alpha value is -1.16. The molecule has 1 aromatic heterocycles. The van der Waals surface area contributed by atoms with Crippen molar-refractivity contribution < 1.29 is 0 Å². The summed E-state index contributed by atoms with van der Waals surface area (Å²) >= 11 is 0. The number of anilines is 1. The van der Waals surface area contributed by atoms with Crippen LogP contribution in [0.2, 0.25) is 0 Å². The Balaban J connectivity index is 2.14. The van der Waals surface area contributed by atoms with Gasteiger partial charge in [-0.3, -0.25) is 0 Å². The average molecular weight is 192 g/mol. The highest BCUT2D eigenvalue weighted by molar-refractivity contribution is 5.31. The van der Waals surface area contributed by atoms with Gasteiger partial charge in [0.05, 0.1) is 0 Å². The van der Waals surface area contributed by atoms with Crippen LogP contribution < -0.4 is 10.6 Å². The van der Waals surface area contributed by atoms with Crippen LogP contribution in [0.1, 0.15) is 18.5 Å². The van der Waals surface area contributed by atoms with Crippen LogP contribution in [0, 0.1) is 6.92 Å². The third kappa shape index (κ3) is 2.01. The molecule has 0 amide bonds. The SMILES string of the molecule is Cc1ccnc(N2CCCC(N)C2)n1. The normalized spacial score (nSPS) is 22.4. The highest BCUT2D eigenvalue weighted by Gasteiger charge is 2.18. The number of hydrogen-bond acceptors (Lipinski definition) is 4. The second-order valence-corrected chi connectivity index (χ2v) is 3.85. The number of aryl methyl sites for hydroxylation is 1. The van der Waals surface area contributed by atoms with E-state index in [0.29, 0.717) is 0 Å². The predicted molar refractivity (Wildman–Crippen MR) is 56.2 cm³/mol. The van der Waals surface area contributed by atoms with Crippen molar-refractivity contribution in [2.45, 2.75) is 25.8 Å². The minimum absolute atomic E-state index is 0.271. The molecule has 1 aromatic rings. The molecule has 2 heterocycles. The molecule has 1 saturated heterocycles. The molecule has 4 heteroatoms. The van der Waals surface area contributed by atoms with Gasteiger partial charge in [0.25, 0.3) is 0 Å². The molecule has 1 aliphatic heterocycles. The van der Waals surface area contributed by atoms with Gasteiger partial charge in [-0.05, 0) is 25.8 Å². The van der Waals surface area contributed by atoms with Gasteiger partial charge in [0.1, 0.15) is 0 Å². The van der Waals surface area contributed by atoms with Crippen LogP contribution in [0.3, 0.4) is 0 Å². The molecule has 0 aromatic carbocycles. The van der Waals surface area contributed by atoms with Crippen molar-refractivity contribution in [3.63, 3.8) is 0 Å². The summed E-state index contributed by atoms with van der Waals surface area (Å²) in [6.45, 7) is 3.88. The van der Waals surface area contributed by atoms with Crippen LogP contribution in [-0.2, 0) is 0 Å². The Morgan fingerprint density at radius 3 is 3.14 bits per heavy atom. The lowest BCUT2D eigenvalue weighted by molar-refractivity contribution is 0.499. The molecule has 76 valence electrons. The van der Waals surface area contributed by atoms with Crippen LogP contribution >= 0.6 is 0 Å². The van der Waals surface area contributed by atoms with Crippen molar-refractivity contribution in [1.82, 2.24) is 9.97 Å². The van der Waals surface area contributed by atoms with Crippen molar-refractivity contribution in [1.29, 1.82) is 0 Å². The van der Waals surface area contributed by atoms with Gasteiger partial charge in [-0.25, -0.2) is 9.97 Å². The third-order valence-corrected chi connectivity index (χ3v) is 2.52. The average Bonchev–Trinajstić information content (AvgIpc) is 2.18.